The number of nitrogens with zero attached hydrogens (tertiary/aromatic N) is 1. The topological polar surface area (TPSA) is 60.7 Å². The molecule has 0 aliphatic heterocycles. The molecule has 0 unspecified atom stereocenters. The highest BCUT2D eigenvalue weighted by molar-refractivity contribution is 5.87. The van der Waals surface area contributed by atoms with Crippen LogP contribution in [0.1, 0.15) is 5.56 Å². The quantitative estimate of drug-likeness (QED) is 0.897. The van der Waals surface area contributed by atoms with E-state index in [0.29, 0.717) is 17.1 Å². The molecule has 19 heavy (non-hydrogen) atoms. The second-order valence-electron chi connectivity index (χ2n) is 4.23. The van der Waals surface area contributed by atoms with Crippen molar-refractivity contribution in [2.75, 3.05) is 20.8 Å². The van der Waals surface area contributed by atoms with Crippen molar-refractivity contribution in [3.05, 3.63) is 34.1 Å². The summed E-state index contributed by atoms with van der Waals surface area (Å²) in [7, 11) is 4.81. The fourth-order valence-corrected chi connectivity index (χ4v) is 2.24. The average Bonchev–Trinajstić information content (AvgIpc) is 2.44. The van der Waals surface area contributed by atoms with Crippen molar-refractivity contribution in [3.8, 4) is 11.5 Å². The minimum Gasteiger partial charge on any atom is -0.497 e. The summed E-state index contributed by atoms with van der Waals surface area (Å²) in [5.41, 5.74) is 1.07. The van der Waals surface area contributed by atoms with E-state index in [1.54, 1.807) is 24.8 Å². The Morgan fingerprint density at radius 2 is 2.00 bits per heavy atom. The highest BCUT2D eigenvalue weighted by Crippen LogP contribution is 2.29. The number of aromatic nitrogens is 1. The van der Waals surface area contributed by atoms with Crippen LogP contribution in [0.2, 0.25) is 0 Å². The van der Waals surface area contributed by atoms with E-state index in [0.717, 1.165) is 10.9 Å². The fraction of sp³-hybridized carbons (Fsp3) is 0.357. The van der Waals surface area contributed by atoms with E-state index in [9.17, 15) is 4.79 Å². The fourth-order valence-electron chi connectivity index (χ4n) is 2.24. The summed E-state index contributed by atoms with van der Waals surface area (Å²) in [5, 5.41) is 9.91. The molecule has 1 heterocycles. The van der Waals surface area contributed by atoms with Crippen molar-refractivity contribution in [1.29, 1.82) is 0 Å². The van der Waals surface area contributed by atoms with Gasteiger partial charge in [-0.25, -0.2) is 0 Å². The molecule has 2 rings (SSSR count). The molecule has 0 aliphatic carbocycles. The molecule has 1 aromatic carbocycles. The molecule has 0 atom stereocenters. The Bertz CT molecular complexity index is 661. The van der Waals surface area contributed by atoms with E-state index >= 15 is 0 Å². The van der Waals surface area contributed by atoms with E-state index in [1.807, 2.05) is 12.1 Å². The zero-order valence-corrected chi connectivity index (χ0v) is 11.3. The first-order valence-corrected chi connectivity index (χ1v) is 5.98. The van der Waals surface area contributed by atoms with E-state index in [4.69, 9.17) is 14.6 Å². The molecule has 5 heteroatoms. The Morgan fingerprint density at radius 3 is 2.58 bits per heavy atom. The van der Waals surface area contributed by atoms with Gasteiger partial charge in [0.15, 0.2) is 0 Å². The standard InChI is InChI=1S/C14H17NO4/c1-15-12-8-9(18-2)4-5-10(12)13(19-3)11(6-7-16)14(15)17/h4-5,8,16H,6-7H2,1-3H3. The molecular weight excluding hydrogens is 246 g/mol. The third-order valence-corrected chi connectivity index (χ3v) is 3.21. The number of ether oxygens (including phenoxy) is 2. The Labute approximate surface area is 111 Å². The van der Waals surface area contributed by atoms with Crippen LogP contribution in [0.25, 0.3) is 10.9 Å². The van der Waals surface area contributed by atoms with Gasteiger partial charge in [-0.1, -0.05) is 0 Å². The Morgan fingerprint density at radius 1 is 1.26 bits per heavy atom. The Hall–Kier alpha value is -2.01. The number of fused-ring (bicyclic) bond motifs is 1. The third-order valence-electron chi connectivity index (χ3n) is 3.21. The largest absolute Gasteiger partial charge is 0.497 e. The van der Waals surface area contributed by atoms with Crippen LogP contribution in [-0.2, 0) is 13.5 Å². The van der Waals surface area contributed by atoms with Crippen LogP contribution < -0.4 is 15.0 Å². The van der Waals surface area contributed by atoms with Gasteiger partial charge in [-0.15, -0.1) is 0 Å². The summed E-state index contributed by atoms with van der Waals surface area (Å²) >= 11 is 0. The van der Waals surface area contributed by atoms with Gasteiger partial charge in [0, 0.05) is 31.5 Å². The maximum Gasteiger partial charge on any atom is 0.257 e. The zero-order valence-electron chi connectivity index (χ0n) is 11.3. The highest BCUT2D eigenvalue weighted by atomic mass is 16.5. The monoisotopic (exact) mass is 263 g/mol. The molecule has 1 aromatic heterocycles. The van der Waals surface area contributed by atoms with Crippen molar-refractivity contribution in [2.45, 2.75) is 6.42 Å². The van der Waals surface area contributed by atoms with Gasteiger partial charge in [0.05, 0.1) is 25.3 Å². The van der Waals surface area contributed by atoms with Gasteiger partial charge in [0.25, 0.3) is 5.56 Å². The summed E-state index contributed by atoms with van der Waals surface area (Å²) in [6.45, 7) is -0.0900. The molecule has 0 radical (unpaired) electrons. The van der Waals surface area contributed by atoms with E-state index < -0.39 is 0 Å². The predicted molar refractivity (Wildman–Crippen MR) is 73.1 cm³/mol. The number of hydrogen-bond donors (Lipinski definition) is 1. The number of rotatable bonds is 4. The summed E-state index contributed by atoms with van der Waals surface area (Å²) in [5.74, 6) is 1.20. The minimum absolute atomic E-state index is 0.0900. The summed E-state index contributed by atoms with van der Waals surface area (Å²) in [6.07, 6.45) is 0.276. The first-order chi connectivity index (χ1) is 9.13. The zero-order chi connectivity index (χ0) is 14.0. The smallest absolute Gasteiger partial charge is 0.257 e. The third kappa shape index (κ3) is 2.17. The maximum absolute atomic E-state index is 12.3. The lowest BCUT2D eigenvalue weighted by molar-refractivity contribution is 0.296. The molecule has 0 spiro atoms. The molecule has 1 N–H and O–H groups in total. The minimum atomic E-state index is -0.161. The van der Waals surface area contributed by atoms with Gasteiger partial charge in [-0.05, 0) is 12.1 Å². The number of aliphatic hydroxyl groups is 1. The van der Waals surface area contributed by atoms with Crippen molar-refractivity contribution in [2.24, 2.45) is 7.05 Å². The molecule has 0 aliphatic rings. The molecule has 102 valence electrons. The first-order valence-electron chi connectivity index (χ1n) is 5.98. The molecule has 0 amide bonds. The number of aryl methyl sites for hydroxylation is 1. The van der Waals surface area contributed by atoms with Crippen molar-refractivity contribution >= 4 is 10.9 Å². The Kier molecular flexibility index (Phi) is 3.76. The number of methoxy groups -OCH3 is 2. The molecule has 0 saturated heterocycles. The Balaban J connectivity index is 2.86. The van der Waals surface area contributed by atoms with Crippen LogP contribution in [0.5, 0.6) is 11.5 Å². The van der Waals surface area contributed by atoms with E-state index in [2.05, 4.69) is 0 Å². The second-order valence-corrected chi connectivity index (χ2v) is 4.23. The summed E-state index contributed by atoms with van der Waals surface area (Å²) in [6, 6.07) is 5.47. The second kappa shape index (κ2) is 5.32. The van der Waals surface area contributed by atoms with Gasteiger partial charge in [-0.2, -0.15) is 0 Å². The normalized spacial score (nSPS) is 10.7. The molecular formula is C14H17NO4. The lowest BCUT2D eigenvalue weighted by Crippen LogP contribution is -2.23. The van der Waals surface area contributed by atoms with Crippen LogP contribution in [0.15, 0.2) is 23.0 Å². The van der Waals surface area contributed by atoms with Crippen LogP contribution >= 0.6 is 0 Å². The lowest BCUT2D eigenvalue weighted by Gasteiger charge is -2.14. The van der Waals surface area contributed by atoms with Crippen LogP contribution in [0, 0.1) is 0 Å². The van der Waals surface area contributed by atoms with Crippen molar-refractivity contribution < 1.29 is 14.6 Å². The molecule has 5 nitrogen and oxygen atoms in total. The molecule has 0 saturated carbocycles. The maximum atomic E-state index is 12.3. The molecule has 0 fully saturated rings. The average molecular weight is 263 g/mol. The molecule has 2 aromatic rings. The van der Waals surface area contributed by atoms with Gasteiger partial charge in [0.1, 0.15) is 11.5 Å². The van der Waals surface area contributed by atoms with Gasteiger partial charge < -0.3 is 19.1 Å². The van der Waals surface area contributed by atoms with Crippen molar-refractivity contribution in [3.63, 3.8) is 0 Å². The number of hydrogen-bond acceptors (Lipinski definition) is 4. The van der Waals surface area contributed by atoms with Crippen molar-refractivity contribution in [1.82, 2.24) is 4.57 Å². The summed E-state index contributed by atoms with van der Waals surface area (Å²) in [4.78, 5) is 12.3. The number of pyridine rings is 1. The SMILES string of the molecule is COc1ccc2c(OC)c(CCO)c(=O)n(C)c2c1. The van der Waals surface area contributed by atoms with E-state index in [1.165, 1.54) is 7.11 Å². The highest BCUT2D eigenvalue weighted by Gasteiger charge is 2.15. The first kappa shape index (κ1) is 13.4. The van der Waals surface area contributed by atoms with E-state index in [-0.39, 0.29) is 18.6 Å². The van der Waals surface area contributed by atoms with Gasteiger partial charge in [-0.3, -0.25) is 4.79 Å². The van der Waals surface area contributed by atoms with Crippen LogP contribution in [0.3, 0.4) is 0 Å². The van der Waals surface area contributed by atoms with Crippen LogP contribution in [-0.4, -0.2) is 30.5 Å². The predicted octanol–water partition coefficient (Wildman–Crippen LogP) is 1.09. The van der Waals surface area contributed by atoms with Gasteiger partial charge >= 0.3 is 0 Å². The number of benzene rings is 1. The molecule has 0 bridgehead atoms. The lowest BCUT2D eigenvalue weighted by atomic mass is 10.1. The van der Waals surface area contributed by atoms with Crippen LogP contribution in [0.4, 0.5) is 0 Å². The van der Waals surface area contributed by atoms with Gasteiger partial charge in [0.2, 0.25) is 0 Å². The number of aliphatic hydroxyl groups excluding tert-OH is 1. The summed E-state index contributed by atoms with van der Waals surface area (Å²) < 4.78 is 12.1.